The number of carboxylic acids is 3. The number of hydrogen-bond acceptors (Lipinski definition) is 6. The Morgan fingerprint density at radius 3 is 2.19 bits per heavy atom. The van der Waals surface area contributed by atoms with Gasteiger partial charge in [0.2, 0.25) is 0 Å². The number of aromatic carboxylic acids is 2. The van der Waals surface area contributed by atoms with Crippen LogP contribution in [0.2, 0.25) is 0 Å². The maximum Gasteiger partial charge on any atom is 0.344 e. The van der Waals surface area contributed by atoms with Gasteiger partial charge in [-0.15, -0.1) is 0 Å². The van der Waals surface area contributed by atoms with Gasteiger partial charge in [0, 0.05) is 11.1 Å². The molecule has 26 heavy (non-hydrogen) atoms. The smallest absolute Gasteiger partial charge is 0.344 e. The Labute approximate surface area is 145 Å². The van der Waals surface area contributed by atoms with E-state index < -0.39 is 52.1 Å². The molecule has 2 aromatic rings. The van der Waals surface area contributed by atoms with Crippen molar-refractivity contribution in [3.63, 3.8) is 0 Å². The molecule has 0 spiro atoms. The SMILES string of the molecule is CC(Oc1ccccc1-c1c(C(=O)O)c(N)[nH]c(=O)c1C(=O)O)C(=O)O. The minimum Gasteiger partial charge on any atom is -0.479 e. The standard InChI is InChI=1S/C16H14N2O8/c1-6(14(20)21)26-8-5-3-2-4-7(8)9-10(15(22)23)12(17)18-13(19)11(9)16(24)25/h2-6H,1H3,(H,20,21)(H,22,23)(H,24,25)(H3,17,18,19). The van der Waals surface area contributed by atoms with Crippen molar-refractivity contribution in [1.82, 2.24) is 4.98 Å². The number of aromatic amines is 1. The zero-order valence-corrected chi connectivity index (χ0v) is 13.3. The fraction of sp³-hybridized carbons (Fsp3) is 0.125. The molecule has 1 aromatic heterocycles. The highest BCUT2D eigenvalue weighted by Gasteiger charge is 2.28. The molecule has 0 bridgehead atoms. The summed E-state index contributed by atoms with van der Waals surface area (Å²) in [5.41, 5.74) is 2.41. The van der Waals surface area contributed by atoms with Crippen LogP contribution >= 0.6 is 0 Å². The number of ether oxygens (including phenoxy) is 1. The molecule has 136 valence electrons. The predicted molar refractivity (Wildman–Crippen MR) is 88.6 cm³/mol. The molecule has 10 nitrogen and oxygen atoms in total. The summed E-state index contributed by atoms with van der Waals surface area (Å²) in [6, 6.07) is 5.55. The van der Waals surface area contributed by atoms with E-state index in [0.29, 0.717) is 0 Å². The summed E-state index contributed by atoms with van der Waals surface area (Å²) in [7, 11) is 0. The van der Waals surface area contributed by atoms with Crippen LogP contribution in [0.4, 0.5) is 5.82 Å². The molecule has 1 atom stereocenters. The van der Waals surface area contributed by atoms with Crippen LogP contribution < -0.4 is 16.0 Å². The number of hydrogen-bond donors (Lipinski definition) is 5. The monoisotopic (exact) mass is 362 g/mol. The van der Waals surface area contributed by atoms with Crippen LogP contribution in [0.15, 0.2) is 29.1 Å². The lowest BCUT2D eigenvalue weighted by Crippen LogP contribution is -2.25. The number of nitrogen functional groups attached to an aromatic ring is 1. The summed E-state index contributed by atoms with van der Waals surface area (Å²) in [6.45, 7) is 1.24. The van der Waals surface area contributed by atoms with Crippen LogP contribution in [0.5, 0.6) is 5.75 Å². The normalized spacial score (nSPS) is 11.6. The lowest BCUT2D eigenvalue weighted by atomic mass is 9.94. The van der Waals surface area contributed by atoms with E-state index in [1.54, 1.807) is 0 Å². The number of pyridine rings is 1. The molecule has 0 saturated carbocycles. The average Bonchev–Trinajstić information content (AvgIpc) is 2.53. The minimum absolute atomic E-state index is 0.0896. The van der Waals surface area contributed by atoms with Crippen molar-refractivity contribution < 1.29 is 34.4 Å². The van der Waals surface area contributed by atoms with Gasteiger partial charge >= 0.3 is 17.9 Å². The summed E-state index contributed by atoms with van der Waals surface area (Å²) in [6.07, 6.45) is -1.31. The minimum atomic E-state index is -1.68. The van der Waals surface area contributed by atoms with Crippen molar-refractivity contribution >= 4 is 23.7 Å². The quantitative estimate of drug-likeness (QED) is 0.498. The topological polar surface area (TPSA) is 180 Å². The van der Waals surface area contributed by atoms with Gasteiger partial charge in [-0.05, 0) is 13.0 Å². The van der Waals surface area contributed by atoms with Gasteiger partial charge < -0.3 is 30.8 Å². The van der Waals surface area contributed by atoms with Crippen LogP contribution in [0.25, 0.3) is 11.1 Å². The molecule has 0 amide bonds. The van der Waals surface area contributed by atoms with Crippen LogP contribution in [0, 0.1) is 0 Å². The summed E-state index contributed by atoms with van der Waals surface area (Å²) in [5, 5.41) is 27.8. The van der Waals surface area contributed by atoms with E-state index in [2.05, 4.69) is 0 Å². The van der Waals surface area contributed by atoms with Crippen LogP contribution in [0.1, 0.15) is 27.6 Å². The van der Waals surface area contributed by atoms with Crippen molar-refractivity contribution in [2.75, 3.05) is 5.73 Å². The number of benzene rings is 1. The Hall–Kier alpha value is -3.82. The number of nitrogens with one attached hydrogen (secondary N) is 1. The zero-order valence-electron chi connectivity index (χ0n) is 13.3. The fourth-order valence-electron chi connectivity index (χ4n) is 2.33. The Balaban J connectivity index is 2.88. The van der Waals surface area contributed by atoms with E-state index in [4.69, 9.17) is 15.6 Å². The maximum absolute atomic E-state index is 12.0. The molecule has 0 saturated heterocycles. The highest BCUT2D eigenvalue weighted by Crippen LogP contribution is 2.36. The first-order chi connectivity index (χ1) is 12.1. The van der Waals surface area contributed by atoms with Crippen molar-refractivity contribution in [3.8, 4) is 16.9 Å². The number of carboxylic acid groups (broad SMARTS) is 3. The third-order valence-corrected chi connectivity index (χ3v) is 3.48. The number of para-hydroxylation sites is 1. The zero-order chi connectivity index (χ0) is 19.6. The molecule has 0 fully saturated rings. The molecule has 2 rings (SSSR count). The van der Waals surface area contributed by atoms with Gasteiger partial charge in [-0.3, -0.25) is 4.79 Å². The van der Waals surface area contributed by atoms with E-state index in [9.17, 15) is 29.4 Å². The predicted octanol–water partition coefficient (Wildman–Crippen LogP) is 0.872. The summed E-state index contributed by atoms with van der Waals surface area (Å²) < 4.78 is 5.27. The second-order valence-electron chi connectivity index (χ2n) is 5.20. The molecule has 1 unspecified atom stereocenters. The average molecular weight is 362 g/mol. The van der Waals surface area contributed by atoms with Crippen LogP contribution in [0.3, 0.4) is 0 Å². The summed E-state index contributed by atoms with van der Waals surface area (Å²) in [4.78, 5) is 48.2. The summed E-state index contributed by atoms with van der Waals surface area (Å²) in [5.74, 6) is -5.19. The first-order valence-electron chi connectivity index (χ1n) is 7.16. The largest absolute Gasteiger partial charge is 0.479 e. The number of carbonyl (C=O) groups is 3. The Bertz CT molecular complexity index is 963. The number of aliphatic carboxylic acids is 1. The second-order valence-corrected chi connectivity index (χ2v) is 5.20. The van der Waals surface area contributed by atoms with Gasteiger partial charge in [0.05, 0.1) is 0 Å². The van der Waals surface area contributed by atoms with Gasteiger partial charge in [-0.25, -0.2) is 14.4 Å². The molecule has 10 heteroatoms. The van der Waals surface area contributed by atoms with E-state index in [0.717, 1.165) is 0 Å². The molecule has 1 heterocycles. The maximum atomic E-state index is 12.0. The Morgan fingerprint density at radius 2 is 1.65 bits per heavy atom. The highest BCUT2D eigenvalue weighted by molar-refractivity contribution is 6.08. The lowest BCUT2D eigenvalue weighted by molar-refractivity contribution is -0.144. The van der Waals surface area contributed by atoms with Crippen molar-refractivity contribution in [2.45, 2.75) is 13.0 Å². The highest BCUT2D eigenvalue weighted by atomic mass is 16.5. The number of anilines is 1. The number of rotatable bonds is 6. The molecular formula is C16H14N2O8. The van der Waals surface area contributed by atoms with Gasteiger partial charge in [-0.1, -0.05) is 18.2 Å². The van der Waals surface area contributed by atoms with Crippen molar-refractivity contribution in [3.05, 3.63) is 45.7 Å². The number of H-pyrrole nitrogens is 1. The molecular weight excluding hydrogens is 348 g/mol. The van der Waals surface area contributed by atoms with Crippen molar-refractivity contribution in [1.29, 1.82) is 0 Å². The number of aromatic nitrogens is 1. The van der Waals surface area contributed by atoms with Gasteiger partial charge in [0.25, 0.3) is 5.56 Å². The molecule has 0 aliphatic heterocycles. The molecule has 0 aliphatic rings. The lowest BCUT2D eigenvalue weighted by Gasteiger charge is -2.17. The second kappa shape index (κ2) is 6.97. The van der Waals surface area contributed by atoms with E-state index in [1.165, 1.54) is 31.2 Å². The van der Waals surface area contributed by atoms with Crippen molar-refractivity contribution in [2.24, 2.45) is 0 Å². The Kier molecular flexibility index (Phi) is 4.96. The number of nitrogens with two attached hydrogens (primary N) is 1. The Morgan fingerprint density at radius 1 is 1.08 bits per heavy atom. The molecule has 0 aliphatic carbocycles. The van der Waals surface area contributed by atoms with E-state index in [1.807, 2.05) is 4.98 Å². The third kappa shape index (κ3) is 3.34. The van der Waals surface area contributed by atoms with Gasteiger partial charge in [0.15, 0.2) is 6.10 Å². The third-order valence-electron chi connectivity index (χ3n) is 3.48. The fourth-order valence-corrected chi connectivity index (χ4v) is 2.33. The van der Waals surface area contributed by atoms with Crippen LogP contribution in [-0.4, -0.2) is 44.3 Å². The van der Waals surface area contributed by atoms with Gasteiger partial charge in [0.1, 0.15) is 22.7 Å². The van der Waals surface area contributed by atoms with E-state index in [-0.39, 0.29) is 11.3 Å². The first-order valence-corrected chi connectivity index (χ1v) is 7.16. The molecule has 6 N–H and O–H groups in total. The summed E-state index contributed by atoms with van der Waals surface area (Å²) >= 11 is 0. The van der Waals surface area contributed by atoms with E-state index >= 15 is 0 Å². The molecule has 0 radical (unpaired) electrons. The van der Waals surface area contributed by atoms with Gasteiger partial charge in [-0.2, -0.15) is 0 Å². The first kappa shape index (κ1) is 18.5. The van der Waals surface area contributed by atoms with Crippen LogP contribution in [-0.2, 0) is 4.79 Å². The molecule has 1 aromatic carbocycles.